The molecule has 1 saturated heterocycles. The number of halogens is 1. The molecule has 1 fully saturated rings. The quantitative estimate of drug-likeness (QED) is 0.868. The lowest BCUT2D eigenvalue weighted by atomic mass is 10.1. The minimum Gasteiger partial charge on any atom is -0.378 e. The minimum atomic E-state index is -0.359. The molecule has 0 bridgehead atoms. The summed E-state index contributed by atoms with van der Waals surface area (Å²) < 4.78 is 19.5. The summed E-state index contributed by atoms with van der Waals surface area (Å²) in [5.41, 5.74) is 0. The van der Waals surface area contributed by atoms with E-state index >= 15 is 0 Å². The monoisotopic (exact) mass is 282 g/mol. The average Bonchev–Trinajstić information content (AvgIpc) is 2.48. The first-order valence-corrected chi connectivity index (χ1v) is 7.37. The van der Waals surface area contributed by atoms with E-state index in [0.717, 1.165) is 45.5 Å². The first-order valence-electron chi connectivity index (χ1n) is 7.37. The van der Waals surface area contributed by atoms with E-state index in [-0.39, 0.29) is 5.82 Å². The van der Waals surface area contributed by atoms with Crippen LogP contribution in [0.5, 0.6) is 0 Å². The maximum Gasteiger partial charge on any atom is 0.224 e. The molecular formula is C14H23FN4O. The lowest BCUT2D eigenvalue weighted by Crippen LogP contribution is -2.38. The summed E-state index contributed by atoms with van der Waals surface area (Å²) in [6, 6.07) is 0. The van der Waals surface area contributed by atoms with Crippen LogP contribution in [0, 0.1) is 5.82 Å². The van der Waals surface area contributed by atoms with Gasteiger partial charge in [0.15, 0.2) is 11.6 Å². The van der Waals surface area contributed by atoms with Crippen LogP contribution in [0.2, 0.25) is 0 Å². The van der Waals surface area contributed by atoms with E-state index in [0.29, 0.717) is 17.9 Å². The molecule has 112 valence electrons. The predicted molar refractivity (Wildman–Crippen MR) is 77.6 cm³/mol. The van der Waals surface area contributed by atoms with Gasteiger partial charge in [-0.25, -0.2) is 9.37 Å². The van der Waals surface area contributed by atoms with Crippen LogP contribution in [-0.2, 0) is 4.74 Å². The van der Waals surface area contributed by atoms with Gasteiger partial charge < -0.3 is 15.0 Å². The molecule has 6 heteroatoms. The van der Waals surface area contributed by atoms with E-state index in [1.165, 1.54) is 6.20 Å². The maximum atomic E-state index is 13.9. The van der Waals surface area contributed by atoms with Crippen molar-refractivity contribution in [3.05, 3.63) is 12.0 Å². The highest BCUT2D eigenvalue weighted by Gasteiger charge is 2.22. The second-order valence-electron chi connectivity index (χ2n) is 4.93. The summed E-state index contributed by atoms with van der Waals surface area (Å²) in [5.74, 6) is 0.533. The zero-order valence-corrected chi connectivity index (χ0v) is 12.2. The first-order chi connectivity index (χ1) is 9.74. The van der Waals surface area contributed by atoms with Crippen molar-refractivity contribution in [2.24, 2.45) is 0 Å². The topological polar surface area (TPSA) is 50.3 Å². The average molecular weight is 282 g/mol. The van der Waals surface area contributed by atoms with Crippen molar-refractivity contribution in [1.29, 1.82) is 0 Å². The minimum absolute atomic E-state index is 0.291. The lowest BCUT2D eigenvalue weighted by molar-refractivity contribution is 0.0457. The third-order valence-electron chi connectivity index (χ3n) is 3.40. The van der Waals surface area contributed by atoms with E-state index in [9.17, 15) is 4.39 Å². The standard InChI is InChI=1S/C14H23FN4O/c1-3-7-16-14-17-10-12(15)13(18-14)19-8-5-11(6-9-19)20-4-2/h10-11H,3-9H2,1-2H3,(H,16,17,18). The summed E-state index contributed by atoms with van der Waals surface area (Å²) in [7, 11) is 0. The smallest absolute Gasteiger partial charge is 0.224 e. The van der Waals surface area contributed by atoms with Crippen LogP contribution in [0.25, 0.3) is 0 Å². The van der Waals surface area contributed by atoms with Gasteiger partial charge in [0.1, 0.15) is 0 Å². The number of hydrogen-bond acceptors (Lipinski definition) is 5. The molecule has 0 unspecified atom stereocenters. The SMILES string of the molecule is CCCNc1ncc(F)c(N2CCC(OCC)CC2)n1. The molecule has 20 heavy (non-hydrogen) atoms. The molecule has 2 heterocycles. The highest BCUT2D eigenvalue weighted by Crippen LogP contribution is 2.22. The number of nitrogens with zero attached hydrogens (tertiary/aromatic N) is 3. The van der Waals surface area contributed by atoms with Gasteiger partial charge in [0, 0.05) is 26.2 Å². The molecular weight excluding hydrogens is 259 g/mol. The Bertz CT molecular complexity index is 422. The number of nitrogens with one attached hydrogen (secondary N) is 1. The fourth-order valence-electron chi connectivity index (χ4n) is 2.37. The Labute approximate surface area is 119 Å². The van der Waals surface area contributed by atoms with Gasteiger partial charge in [-0.3, -0.25) is 0 Å². The van der Waals surface area contributed by atoms with E-state index in [1.807, 2.05) is 11.8 Å². The number of rotatable bonds is 6. The molecule has 1 aromatic rings. The van der Waals surface area contributed by atoms with Gasteiger partial charge in [0.25, 0.3) is 0 Å². The van der Waals surface area contributed by atoms with Crippen molar-refractivity contribution in [1.82, 2.24) is 9.97 Å². The molecule has 0 atom stereocenters. The summed E-state index contributed by atoms with van der Waals surface area (Å²) in [5, 5.41) is 3.09. The number of ether oxygens (including phenoxy) is 1. The molecule has 2 rings (SSSR count). The highest BCUT2D eigenvalue weighted by molar-refractivity contribution is 5.44. The van der Waals surface area contributed by atoms with Gasteiger partial charge in [-0.2, -0.15) is 4.98 Å². The Morgan fingerprint density at radius 1 is 1.40 bits per heavy atom. The maximum absolute atomic E-state index is 13.9. The van der Waals surface area contributed by atoms with Crippen LogP contribution in [-0.4, -0.2) is 42.3 Å². The van der Waals surface area contributed by atoms with Crippen LogP contribution in [0.15, 0.2) is 6.20 Å². The van der Waals surface area contributed by atoms with Crippen molar-refractivity contribution >= 4 is 11.8 Å². The van der Waals surface area contributed by atoms with Crippen LogP contribution in [0.3, 0.4) is 0 Å². The Morgan fingerprint density at radius 3 is 2.80 bits per heavy atom. The Hall–Kier alpha value is -1.43. The van der Waals surface area contributed by atoms with E-state index in [2.05, 4.69) is 22.2 Å². The second-order valence-corrected chi connectivity index (χ2v) is 4.93. The highest BCUT2D eigenvalue weighted by atomic mass is 19.1. The number of piperidine rings is 1. The zero-order valence-electron chi connectivity index (χ0n) is 12.2. The van der Waals surface area contributed by atoms with Gasteiger partial charge in [-0.05, 0) is 26.2 Å². The van der Waals surface area contributed by atoms with E-state index in [1.54, 1.807) is 0 Å². The molecule has 0 saturated carbocycles. The molecule has 0 aliphatic carbocycles. The molecule has 0 spiro atoms. The van der Waals surface area contributed by atoms with Crippen LogP contribution >= 0.6 is 0 Å². The molecule has 1 aliphatic heterocycles. The van der Waals surface area contributed by atoms with E-state index < -0.39 is 0 Å². The summed E-state index contributed by atoms with van der Waals surface area (Å²) in [6.07, 6.45) is 4.34. The zero-order chi connectivity index (χ0) is 14.4. The molecule has 1 aliphatic rings. The van der Waals surface area contributed by atoms with Crippen LogP contribution < -0.4 is 10.2 Å². The normalized spacial score (nSPS) is 16.4. The Morgan fingerprint density at radius 2 is 2.15 bits per heavy atom. The molecule has 5 nitrogen and oxygen atoms in total. The lowest BCUT2D eigenvalue weighted by Gasteiger charge is -2.32. The molecule has 0 radical (unpaired) electrons. The van der Waals surface area contributed by atoms with Crippen LogP contribution in [0.1, 0.15) is 33.1 Å². The van der Waals surface area contributed by atoms with Crippen molar-refractivity contribution in [3.63, 3.8) is 0 Å². The van der Waals surface area contributed by atoms with Gasteiger partial charge in [-0.1, -0.05) is 6.92 Å². The Balaban J connectivity index is 2.01. The summed E-state index contributed by atoms with van der Waals surface area (Å²) in [6.45, 7) is 7.13. The fourth-order valence-corrected chi connectivity index (χ4v) is 2.37. The molecule has 0 amide bonds. The van der Waals surface area contributed by atoms with Crippen LogP contribution in [0.4, 0.5) is 16.2 Å². The van der Waals surface area contributed by atoms with E-state index in [4.69, 9.17) is 4.74 Å². The van der Waals surface area contributed by atoms with Gasteiger partial charge in [0.05, 0.1) is 12.3 Å². The van der Waals surface area contributed by atoms with Crippen molar-refractivity contribution in [2.45, 2.75) is 39.2 Å². The first kappa shape index (κ1) is 15.0. The summed E-state index contributed by atoms with van der Waals surface area (Å²) in [4.78, 5) is 10.2. The van der Waals surface area contributed by atoms with Crippen molar-refractivity contribution in [2.75, 3.05) is 36.5 Å². The number of aromatic nitrogens is 2. The van der Waals surface area contributed by atoms with Gasteiger partial charge in [0.2, 0.25) is 5.95 Å². The Kier molecular flexibility index (Phi) is 5.52. The van der Waals surface area contributed by atoms with Gasteiger partial charge >= 0.3 is 0 Å². The largest absolute Gasteiger partial charge is 0.378 e. The third kappa shape index (κ3) is 3.79. The fraction of sp³-hybridized carbons (Fsp3) is 0.714. The number of hydrogen-bond donors (Lipinski definition) is 1. The third-order valence-corrected chi connectivity index (χ3v) is 3.40. The molecule has 0 aromatic carbocycles. The second kappa shape index (κ2) is 7.38. The molecule has 1 N–H and O–H groups in total. The predicted octanol–water partition coefficient (Wildman–Crippen LogP) is 2.44. The van der Waals surface area contributed by atoms with Crippen molar-refractivity contribution in [3.8, 4) is 0 Å². The van der Waals surface area contributed by atoms with Gasteiger partial charge in [-0.15, -0.1) is 0 Å². The van der Waals surface area contributed by atoms with Crippen molar-refractivity contribution < 1.29 is 9.13 Å². The number of anilines is 2. The summed E-state index contributed by atoms with van der Waals surface area (Å²) >= 11 is 0. The molecule has 1 aromatic heterocycles.